The highest BCUT2D eigenvalue weighted by atomic mass is 16.6. The topological polar surface area (TPSA) is 69.7 Å². The molecule has 5 nitrogen and oxygen atoms in total. The van der Waals surface area contributed by atoms with Crippen molar-refractivity contribution in [3.63, 3.8) is 0 Å². The molecule has 3 unspecified atom stereocenters. The van der Waals surface area contributed by atoms with Crippen molar-refractivity contribution >= 4 is 17.9 Å². The average Bonchev–Trinajstić information content (AvgIpc) is 2.56. The predicted molar refractivity (Wildman–Crippen MR) is 51.9 cm³/mol. The van der Waals surface area contributed by atoms with Gasteiger partial charge in [-0.05, 0) is 0 Å². The normalized spacial score (nSPS) is 31.9. The van der Waals surface area contributed by atoms with Gasteiger partial charge in [-0.2, -0.15) is 0 Å². The van der Waals surface area contributed by atoms with E-state index in [4.69, 9.17) is 4.74 Å². The second kappa shape index (κ2) is 3.92. The molecule has 1 aliphatic heterocycles. The lowest BCUT2D eigenvalue weighted by molar-refractivity contribution is -0.156. The van der Waals surface area contributed by atoms with Crippen molar-refractivity contribution in [3.05, 3.63) is 24.8 Å². The molecule has 1 saturated heterocycles. The molecule has 0 N–H and O–H groups in total. The van der Waals surface area contributed by atoms with E-state index in [2.05, 4.69) is 11.3 Å². The van der Waals surface area contributed by atoms with Gasteiger partial charge in [0.05, 0.1) is 5.92 Å². The lowest BCUT2D eigenvalue weighted by Gasteiger charge is -2.24. The smallest absolute Gasteiger partial charge is 0.330 e. The van der Waals surface area contributed by atoms with Gasteiger partial charge < -0.3 is 9.47 Å². The van der Waals surface area contributed by atoms with Gasteiger partial charge in [0, 0.05) is 12.5 Å². The number of hydrogen-bond donors (Lipinski definition) is 0. The number of esters is 3. The summed E-state index contributed by atoms with van der Waals surface area (Å²) in [7, 11) is 0. The summed E-state index contributed by atoms with van der Waals surface area (Å²) in [5, 5.41) is 0. The SMILES string of the molecule is C=CC(=O)OC1CC=CC2C(=O)OC(=O)C12. The Morgan fingerprint density at radius 1 is 1.50 bits per heavy atom. The molecule has 0 aromatic heterocycles. The first-order valence-corrected chi connectivity index (χ1v) is 4.88. The summed E-state index contributed by atoms with van der Waals surface area (Å²) in [6.45, 7) is 3.27. The maximum Gasteiger partial charge on any atom is 0.330 e. The molecule has 2 aliphatic rings. The second-order valence-corrected chi connectivity index (χ2v) is 3.64. The summed E-state index contributed by atoms with van der Waals surface area (Å²) < 4.78 is 9.52. The van der Waals surface area contributed by atoms with Gasteiger partial charge in [-0.15, -0.1) is 0 Å². The molecule has 3 atom stereocenters. The third-order valence-corrected chi connectivity index (χ3v) is 2.68. The first kappa shape index (κ1) is 10.6. The van der Waals surface area contributed by atoms with E-state index in [1.165, 1.54) is 0 Å². The first-order chi connectivity index (χ1) is 7.63. The van der Waals surface area contributed by atoms with E-state index in [0.717, 1.165) is 6.08 Å². The number of cyclic esters (lactones) is 2. The van der Waals surface area contributed by atoms with Crippen molar-refractivity contribution < 1.29 is 23.9 Å². The van der Waals surface area contributed by atoms with Gasteiger partial charge in [-0.25, -0.2) is 4.79 Å². The molecule has 1 fully saturated rings. The number of carbonyl (C=O) groups excluding carboxylic acids is 3. The van der Waals surface area contributed by atoms with Crippen molar-refractivity contribution in [2.75, 3.05) is 0 Å². The summed E-state index contributed by atoms with van der Waals surface area (Å²) in [5.41, 5.74) is 0. The molecular weight excluding hydrogens is 212 g/mol. The molecule has 0 spiro atoms. The highest BCUT2D eigenvalue weighted by Crippen LogP contribution is 2.34. The Balaban J connectivity index is 2.19. The Morgan fingerprint density at radius 2 is 2.25 bits per heavy atom. The van der Waals surface area contributed by atoms with Crippen LogP contribution >= 0.6 is 0 Å². The van der Waals surface area contributed by atoms with E-state index in [-0.39, 0.29) is 0 Å². The van der Waals surface area contributed by atoms with E-state index in [0.29, 0.717) is 6.42 Å². The number of carbonyl (C=O) groups is 3. The Hall–Kier alpha value is -1.91. The molecule has 0 aromatic rings. The van der Waals surface area contributed by atoms with E-state index in [9.17, 15) is 14.4 Å². The van der Waals surface area contributed by atoms with Gasteiger partial charge >= 0.3 is 17.9 Å². The van der Waals surface area contributed by atoms with E-state index < -0.39 is 35.8 Å². The van der Waals surface area contributed by atoms with E-state index in [1.807, 2.05) is 0 Å². The molecule has 84 valence electrons. The third-order valence-electron chi connectivity index (χ3n) is 2.68. The van der Waals surface area contributed by atoms with Gasteiger partial charge in [0.15, 0.2) is 0 Å². The maximum atomic E-state index is 11.4. The molecule has 0 saturated carbocycles. The fourth-order valence-electron chi connectivity index (χ4n) is 1.93. The fourth-order valence-corrected chi connectivity index (χ4v) is 1.93. The van der Waals surface area contributed by atoms with Crippen molar-refractivity contribution in [2.24, 2.45) is 11.8 Å². The summed E-state index contributed by atoms with van der Waals surface area (Å²) >= 11 is 0. The highest BCUT2D eigenvalue weighted by Gasteiger charge is 2.49. The van der Waals surface area contributed by atoms with Crippen LogP contribution in [-0.4, -0.2) is 24.0 Å². The molecular formula is C11H10O5. The fraction of sp³-hybridized carbons (Fsp3) is 0.364. The number of rotatable bonds is 2. The van der Waals surface area contributed by atoms with Gasteiger partial charge in [-0.1, -0.05) is 18.7 Å². The van der Waals surface area contributed by atoms with Crippen LogP contribution in [0.4, 0.5) is 0 Å². The van der Waals surface area contributed by atoms with Gasteiger partial charge in [0.2, 0.25) is 0 Å². The number of fused-ring (bicyclic) bond motifs is 1. The second-order valence-electron chi connectivity index (χ2n) is 3.64. The van der Waals surface area contributed by atoms with Crippen molar-refractivity contribution in [1.29, 1.82) is 0 Å². The van der Waals surface area contributed by atoms with Crippen LogP contribution < -0.4 is 0 Å². The van der Waals surface area contributed by atoms with Crippen LogP contribution in [-0.2, 0) is 23.9 Å². The first-order valence-electron chi connectivity index (χ1n) is 4.88. The summed E-state index contributed by atoms with van der Waals surface area (Å²) in [6, 6.07) is 0. The Labute approximate surface area is 91.7 Å². The minimum atomic E-state index is -0.707. The minimum Gasteiger partial charge on any atom is -0.458 e. The van der Waals surface area contributed by atoms with Crippen molar-refractivity contribution in [2.45, 2.75) is 12.5 Å². The largest absolute Gasteiger partial charge is 0.458 e. The van der Waals surface area contributed by atoms with Crippen molar-refractivity contribution in [3.8, 4) is 0 Å². The zero-order valence-electron chi connectivity index (χ0n) is 8.42. The minimum absolute atomic E-state index is 0.406. The molecule has 16 heavy (non-hydrogen) atoms. The Bertz CT molecular complexity index is 395. The summed E-state index contributed by atoms with van der Waals surface area (Å²) in [6.07, 6.45) is 4.12. The van der Waals surface area contributed by atoms with Crippen molar-refractivity contribution in [1.82, 2.24) is 0 Å². The van der Waals surface area contributed by atoms with E-state index in [1.54, 1.807) is 12.2 Å². The third kappa shape index (κ3) is 1.64. The molecule has 0 aromatic carbocycles. The number of ether oxygens (including phenoxy) is 2. The summed E-state index contributed by atoms with van der Waals surface area (Å²) in [5.74, 6) is -3.14. The quantitative estimate of drug-likeness (QED) is 0.292. The molecule has 5 heteroatoms. The zero-order valence-corrected chi connectivity index (χ0v) is 8.42. The predicted octanol–water partition coefficient (Wildman–Crippen LogP) is 0.360. The molecule has 1 heterocycles. The van der Waals surface area contributed by atoms with Gasteiger partial charge in [0.1, 0.15) is 12.0 Å². The van der Waals surface area contributed by atoms with E-state index >= 15 is 0 Å². The lowest BCUT2D eigenvalue weighted by Crippen LogP contribution is -2.35. The van der Waals surface area contributed by atoms with Gasteiger partial charge in [-0.3, -0.25) is 9.59 Å². The van der Waals surface area contributed by atoms with Gasteiger partial charge in [0.25, 0.3) is 0 Å². The standard InChI is InChI=1S/C11H10O5/c1-2-8(12)15-7-5-3-4-6-9(7)11(14)16-10(6)13/h2-4,6-7,9H,1,5H2. The Kier molecular flexibility index (Phi) is 2.60. The number of hydrogen-bond acceptors (Lipinski definition) is 5. The molecule has 2 rings (SSSR count). The van der Waals surface area contributed by atoms with Crippen LogP contribution in [0, 0.1) is 11.8 Å². The summed E-state index contributed by atoms with van der Waals surface area (Å²) in [4.78, 5) is 33.7. The highest BCUT2D eigenvalue weighted by molar-refractivity contribution is 5.98. The van der Waals surface area contributed by atoms with Crippen LogP contribution in [0.2, 0.25) is 0 Å². The van der Waals surface area contributed by atoms with Crippen LogP contribution in [0.3, 0.4) is 0 Å². The molecule has 1 aliphatic carbocycles. The molecule has 0 bridgehead atoms. The maximum absolute atomic E-state index is 11.4. The van der Waals surface area contributed by atoms with Crippen LogP contribution in [0.15, 0.2) is 24.8 Å². The molecule has 0 amide bonds. The average molecular weight is 222 g/mol. The van der Waals surface area contributed by atoms with Crippen LogP contribution in [0.25, 0.3) is 0 Å². The monoisotopic (exact) mass is 222 g/mol. The zero-order chi connectivity index (χ0) is 11.7. The lowest BCUT2D eigenvalue weighted by atomic mass is 9.83. The molecule has 0 radical (unpaired) electrons. The Morgan fingerprint density at radius 3 is 2.94 bits per heavy atom. The van der Waals surface area contributed by atoms with Crippen LogP contribution in [0.1, 0.15) is 6.42 Å². The van der Waals surface area contributed by atoms with Crippen LogP contribution in [0.5, 0.6) is 0 Å².